The van der Waals surface area contributed by atoms with E-state index in [1.807, 2.05) is 83.1 Å². The van der Waals surface area contributed by atoms with E-state index in [1.165, 1.54) is 13.8 Å². The maximum Gasteiger partial charge on any atom is 0.258 e. The van der Waals surface area contributed by atoms with Gasteiger partial charge in [-0.1, -0.05) is 48.0 Å². The number of carbonyl (C=O) groups is 4. The molecule has 2 N–H and O–H groups in total. The van der Waals surface area contributed by atoms with Crippen LogP contribution in [0.15, 0.2) is 99.3 Å². The highest BCUT2D eigenvalue weighted by molar-refractivity contribution is 6.11. The van der Waals surface area contributed by atoms with Crippen LogP contribution in [0.3, 0.4) is 0 Å². The molecule has 0 aliphatic rings. The average molecular weight is 631 g/mol. The van der Waals surface area contributed by atoms with Crippen molar-refractivity contribution in [3.8, 4) is 11.1 Å². The van der Waals surface area contributed by atoms with E-state index in [-0.39, 0.29) is 0 Å². The molecule has 0 saturated carbocycles. The van der Waals surface area contributed by atoms with Gasteiger partial charge in [0, 0.05) is 11.4 Å². The number of hydrogen-bond acceptors (Lipinski definition) is 8. The molecule has 0 aliphatic heterocycles. The molecule has 4 aromatic rings. The fraction of sp³-hybridized carbons (Fsp3) is 0.243. The molecule has 2 atom stereocenters. The second-order valence-electron chi connectivity index (χ2n) is 11.6. The molecule has 4 rings (SSSR count). The summed E-state index contributed by atoms with van der Waals surface area (Å²) in [5.74, 6) is -1.93. The monoisotopic (exact) mass is 630 g/mol. The van der Waals surface area contributed by atoms with Gasteiger partial charge >= 0.3 is 0 Å². The summed E-state index contributed by atoms with van der Waals surface area (Å²) in [7, 11) is 0. The number of nitrogens with one attached hydrogen (secondary N) is 2. The standard InChI is InChI=1S/C37H38N6O4/c1-21-12-15-31(23(3)18-21)39-37(47)35(27(7)45)43-41-33-17-14-29(20-25(33)5)28-13-16-32(24(4)19-28)40-42-34(26(6)44)36(46)38-30-11-9-8-10-22(30)2/h8-20,34-35H,1-7H3,(H,38,46)(H,39,47). The number of aryl methyl sites for hydroxylation is 5. The van der Waals surface area contributed by atoms with Crippen LogP contribution in [0.25, 0.3) is 11.1 Å². The molecule has 240 valence electrons. The van der Waals surface area contributed by atoms with Gasteiger partial charge in [-0.15, -0.1) is 0 Å². The molecule has 10 nitrogen and oxygen atoms in total. The van der Waals surface area contributed by atoms with Crippen LogP contribution in [0, 0.1) is 34.6 Å². The lowest BCUT2D eigenvalue weighted by Gasteiger charge is -2.12. The third-order valence-electron chi connectivity index (χ3n) is 7.60. The van der Waals surface area contributed by atoms with Gasteiger partial charge in [0.15, 0.2) is 11.6 Å². The van der Waals surface area contributed by atoms with Gasteiger partial charge in [-0.25, -0.2) is 0 Å². The van der Waals surface area contributed by atoms with Crippen LogP contribution >= 0.6 is 0 Å². The van der Waals surface area contributed by atoms with E-state index in [2.05, 4.69) is 31.1 Å². The Morgan fingerprint density at radius 2 is 1.00 bits per heavy atom. The van der Waals surface area contributed by atoms with E-state index in [0.29, 0.717) is 22.7 Å². The minimum Gasteiger partial charge on any atom is -0.324 e. The fourth-order valence-electron chi connectivity index (χ4n) is 4.84. The fourth-order valence-corrected chi connectivity index (χ4v) is 4.84. The maximum absolute atomic E-state index is 12.9. The Morgan fingerprint density at radius 3 is 1.43 bits per heavy atom. The number of anilines is 2. The molecule has 0 saturated heterocycles. The largest absolute Gasteiger partial charge is 0.324 e. The SMILES string of the molecule is CC(=O)C(N=Nc1ccc(-c2ccc(N=NC(C(C)=O)C(=O)Nc3ccc(C)cc3C)c(C)c2)cc1C)C(=O)Nc1ccccc1C. The highest BCUT2D eigenvalue weighted by atomic mass is 16.2. The molecular weight excluding hydrogens is 592 g/mol. The first kappa shape index (κ1) is 34.2. The molecule has 0 fully saturated rings. The lowest BCUT2D eigenvalue weighted by atomic mass is 10.0. The third kappa shape index (κ3) is 8.76. The molecule has 2 amide bonds. The van der Waals surface area contributed by atoms with Crippen LogP contribution in [-0.2, 0) is 19.2 Å². The number of rotatable bonds is 11. The summed E-state index contributed by atoms with van der Waals surface area (Å²) < 4.78 is 0. The second-order valence-corrected chi connectivity index (χ2v) is 11.6. The van der Waals surface area contributed by atoms with Crippen LogP contribution in [0.5, 0.6) is 0 Å². The van der Waals surface area contributed by atoms with Crippen LogP contribution in [-0.4, -0.2) is 35.5 Å². The first-order valence-corrected chi connectivity index (χ1v) is 15.1. The van der Waals surface area contributed by atoms with Crippen molar-refractivity contribution in [2.24, 2.45) is 20.5 Å². The summed E-state index contributed by atoms with van der Waals surface area (Å²) in [6.07, 6.45) is 0. The van der Waals surface area contributed by atoms with Gasteiger partial charge in [0.25, 0.3) is 11.8 Å². The highest BCUT2D eigenvalue weighted by Crippen LogP contribution is 2.31. The van der Waals surface area contributed by atoms with Crippen LogP contribution < -0.4 is 10.6 Å². The lowest BCUT2D eigenvalue weighted by molar-refractivity contribution is -0.127. The Labute approximate surface area is 274 Å². The summed E-state index contributed by atoms with van der Waals surface area (Å²) in [5, 5.41) is 22.2. The van der Waals surface area contributed by atoms with Gasteiger partial charge in [0.05, 0.1) is 11.4 Å². The number of Topliss-reactive ketones (excluding diaryl/α,β-unsaturated/α-hetero) is 2. The minimum absolute atomic E-state index is 0.417. The number of carbonyl (C=O) groups excluding carboxylic acids is 4. The van der Waals surface area contributed by atoms with E-state index in [1.54, 1.807) is 30.3 Å². The predicted molar refractivity (Wildman–Crippen MR) is 184 cm³/mol. The highest BCUT2D eigenvalue weighted by Gasteiger charge is 2.25. The van der Waals surface area contributed by atoms with Crippen molar-refractivity contribution in [3.05, 3.63) is 107 Å². The Hall–Kier alpha value is -5.64. The number of ketones is 2. The molecule has 0 spiro atoms. The number of benzene rings is 4. The van der Waals surface area contributed by atoms with Crippen molar-refractivity contribution < 1.29 is 19.2 Å². The average Bonchev–Trinajstić information content (AvgIpc) is 3.01. The van der Waals surface area contributed by atoms with Crippen LogP contribution in [0.2, 0.25) is 0 Å². The molecule has 4 aromatic carbocycles. The van der Waals surface area contributed by atoms with Crippen LogP contribution in [0.4, 0.5) is 22.7 Å². The molecule has 0 heterocycles. The molecule has 0 bridgehead atoms. The second kappa shape index (κ2) is 15.1. The van der Waals surface area contributed by atoms with Gasteiger partial charge in [0.1, 0.15) is 0 Å². The van der Waals surface area contributed by atoms with E-state index < -0.39 is 35.5 Å². The summed E-state index contributed by atoms with van der Waals surface area (Å²) in [5.41, 5.74) is 8.52. The third-order valence-corrected chi connectivity index (χ3v) is 7.60. The normalized spacial score (nSPS) is 12.6. The van der Waals surface area contributed by atoms with Crippen molar-refractivity contribution in [1.82, 2.24) is 0 Å². The van der Waals surface area contributed by atoms with Crippen molar-refractivity contribution in [1.29, 1.82) is 0 Å². The first-order valence-electron chi connectivity index (χ1n) is 15.1. The maximum atomic E-state index is 12.9. The lowest BCUT2D eigenvalue weighted by Crippen LogP contribution is -2.32. The quantitative estimate of drug-likeness (QED) is 0.127. The van der Waals surface area contributed by atoms with Crippen molar-refractivity contribution >= 4 is 46.1 Å². The molecule has 0 aromatic heterocycles. The number of azo groups is 2. The zero-order valence-electron chi connectivity index (χ0n) is 27.6. The Morgan fingerprint density at radius 1 is 0.532 bits per heavy atom. The molecule has 10 heteroatoms. The van der Waals surface area contributed by atoms with E-state index in [4.69, 9.17) is 0 Å². The summed E-state index contributed by atoms with van der Waals surface area (Å²) in [4.78, 5) is 50.3. The predicted octanol–water partition coefficient (Wildman–Crippen LogP) is 8.26. The number of nitrogens with zero attached hydrogens (tertiary/aromatic N) is 4. The topological polar surface area (TPSA) is 142 Å². The van der Waals surface area contributed by atoms with E-state index >= 15 is 0 Å². The Kier molecular flexibility index (Phi) is 11.0. The van der Waals surface area contributed by atoms with Crippen molar-refractivity contribution in [3.63, 3.8) is 0 Å². The smallest absolute Gasteiger partial charge is 0.258 e. The Bertz CT molecular complexity index is 1910. The molecule has 2 unspecified atom stereocenters. The minimum atomic E-state index is -1.28. The summed E-state index contributed by atoms with van der Waals surface area (Å²) in [6.45, 7) is 12.1. The van der Waals surface area contributed by atoms with Gasteiger partial charge < -0.3 is 10.6 Å². The molecular formula is C37H38N6O4. The van der Waals surface area contributed by atoms with E-state index in [0.717, 1.165) is 38.9 Å². The number of para-hydroxylation sites is 1. The van der Waals surface area contributed by atoms with Crippen molar-refractivity contribution in [2.45, 2.75) is 60.5 Å². The van der Waals surface area contributed by atoms with Gasteiger partial charge in [-0.2, -0.15) is 20.5 Å². The van der Waals surface area contributed by atoms with Crippen LogP contribution in [0.1, 0.15) is 41.7 Å². The molecule has 0 radical (unpaired) electrons. The number of amides is 2. The first-order chi connectivity index (χ1) is 22.3. The zero-order chi connectivity index (χ0) is 34.2. The summed E-state index contributed by atoms with van der Waals surface area (Å²) >= 11 is 0. The molecule has 47 heavy (non-hydrogen) atoms. The van der Waals surface area contributed by atoms with E-state index in [9.17, 15) is 19.2 Å². The Balaban J connectivity index is 1.47. The van der Waals surface area contributed by atoms with Gasteiger partial charge in [0.2, 0.25) is 12.1 Å². The molecule has 0 aliphatic carbocycles. The van der Waals surface area contributed by atoms with Crippen molar-refractivity contribution in [2.75, 3.05) is 10.6 Å². The van der Waals surface area contributed by atoms with Gasteiger partial charge in [-0.3, -0.25) is 19.2 Å². The van der Waals surface area contributed by atoms with Gasteiger partial charge in [-0.05, 0) is 118 Å². The summed E-state index contributed by atoms with van der Waals surface area (Å²) in [6, 6.07) is 21.5. The zero-order valence-corrected chi connectivity index (χ0v) is 27.6. The number of hydrogen-bond donors (Lipinski definition) is 2.